The lowest BCUT2D eigenvalue weighted by atomic mass is 10.2. The van der Waals surface area contributed by atoms with Gasteiger partial charge >= 0.3 is 0 Å². The fourth-order valence-electron chi connectivity index (χ4n) is 3.54. The summed E-state index contributed by atoms with van der Waals surface area (Å²) in [5, 5.41) is 7.82. The molecule has 2 heterocycles. The van der Waals surface area contributed by atoms with E-state index >= 15 is 0 Å². The third-order valence-corrected chi connectivity index (χ3v) is 7.18. The summed E-state index contributed by atoms with van der Waals surface area (Å²) in [6, 6.07) is 7.32. The summed E-state index contributed by atoms with van der Waals surface area (Å²) in [7, 11) is -1.49. The van der Waals surface area contributed by atoms with Crippen molar-refractivity contribution in [3.63, 3.8) is 0 Å². The van der Waals surface area contributed by atoms with Crippen LogP contribution in [0.25, 0.3) is 0 Å². The average molecular weight is 377 g/mol. The van der Waals surface area contributed by atoms with Crippen LogP contribution in [0.5, 0.6) is 0 Å². The van der Waals surface area contributed by atoms with Gasteiger partial charge in [-0.2, -0.15) is 9.40 Å². The largest absolute Gasteiger partial charge is 0.308 e. The van der Waals surface area contributed by atoms with E-state index < -0.39 is 10.0 Å². The molecule has 1 aliphatic rings. The minimum absolute atomic E-state index is 0.425. The van der Waals surface area contributed by atoms with Crippen LogP contribution in [0.4, 0.5) is 0 Å². The highest BCUT2D eigenvalue weighted by atomic mass is 32.2. The monoisotopic (exact) mass is 376 g/mol. The van der Waals surface area contributed by atoms with E-state index in [2.05, 4.69) is 10.4 Å². The maximum atomic E-state index is 13.0. The van der Waals surface area contributed by atoms with Crippen LogP contribution in [0.2, 0.25) is 0 Å². The lowest BCUT2D eigenvalue weighted by Gasteiger charge is -2.26. The Morgan fingerprint density at radius 2 is 1.77 bits per heavy atom. The molecule has 2 aromatic rings. The summed E-state index contributed by atoms with van der Waals surface area (Å²) in [6.07, 6.45) is 3.00. The van der Waals surface area contributed by atoms with E-state index in [1.807, 2.05) is 37.7 Å². The fraction of sp³-hybridized carbons (Fsp3) is 0.526. The van der Waals surface area contributed by atoms with Gasteiger partial charge in [-0.15, -0.1) is 0 Å². The van der Waals surface area contributed by atoms with Crippen LogP contribution < -0.4 is 5.32 Å². The maximum Gasteiger partial charge on any atom is 0.243 e. The van der Waals surface area contributed by atoms with Gasteiger partial charge < -0.3 is 5.32 Å². The van der Waals surface area contributed by atoms with Gasteiger partial charge in [-0.25, -0.2) is 8.42 Å². The van der Waals surface area contributed by atoms with Crippen molar-refractivity contribution in [2.75, 3.05) is 13.1 Å². The third kappa shape index (κ3) is 3.84. The SMILES string of the molecule is Cc1nn(C)c(C)c1CNCc1ccccc1S(=O)(=O)N1CCCCC1. The number of aromatic nitrogens is 2. The highest BCUT2D eigenvalue weighted by molar-refractivity contribution is 7.89. The molecule has 142 valence electrons. The van der Waals surface area contributed by atoms with Crippen molar-refractivity contribution in [2.45, 2.75) is 51.1 Å². The first kappa shape index (κ1) is 19.1. The van der Waals surface area contributed by atoms with Crippen LogP contribution in [-0.4, -0.2) is 35.6 Å². The van der Waals surface area contributed by atoms with Crippen molar-refractivity contribution in [3.8, 4) is 0 Å². The van der Waals surface area contributed by atoms with Gasteiger partial charge in [0, 0.05) is 44.5 Å². The lowest BCUT2D eigenvalue weighted by Crippen LogP contribution is -2.36. The second-order valence-electron chi connectivity index (χ2n) is 6.95. The van der Waals surface area contributed by atoms with Gasteiger partial charge in [-0.05, 0) is 38.3 Å². The normalized spacial score (nSPS) is 16.1. The topological polar surface area (TPSA) is 67.2 Å². The Labute approximate surface area is 156 Å². The number of aryl methyl sites for hydroxylation is 2. The van der Waals surface area contributed by atoms with Crippen LogP contribution in [0.3, 0.4) is 0 Å². The minimum atomic E-state index is -3.42. The zero-order valence-electron chi connectivity index (χ0n) is 15.8. The molecule has 7 heteroatoms. The summed E-state index contributed by atoms with van der Waals surface area (Å²) < 4.78 is 29.6. The molecule has 6 nitrogen and oxygen atoms in total. The van der Waals surface area contributed by atoms with E-state index in [0.717, 1.165) is 36.2 Å². The van der Waals surface area contributed by atoms with Gasteiger partial charge in [-0.1, -0.05) is 24.6 Å². The number of rotatable bonds is 6. The molecule has 0 amide bonds. The van der Waals surface area contributed by atoms with Crippen molar-refractivity contribution in [2.24, 2.45) is 7.05 Å². The molecule has 1 aromatic heterocycles. The van der Waals surface area contributed by atoms with Crippen LogP contribution in [0.1, 0.15) is 41.8 Å². The van der Waals surface area contributed by atoms with Crippen LogP contribution in [0, 0.1) is 13.8 Å². The molecule has 26 heavy (non-hydrogen) atoms. The molecule has 0 radical (unpaired) electrons. The molecule has 0 aliphatic carbocycles. The molecule has 3 rings (SSSR count). The predicted molar refractivity (Wildman–Crippen MR) is 102 cm³/mol. The van der Waals surface area contributed by atoms with E-state index in [9.17, 15) is 8.42 Å². The molecule has 1 aliphatic heterocycles. The molecular formula is C19H28N4O2S. The molecule has 1 N–H and O–H groups in total. The molecule has 0 saturated carbocycles. The number of benzene rings is 1. The summed E-state index contributed by atoms with van der Waals surface area (Å²) >= 11 is 0. The van der Waals surface area contributed by atoms with Crippen LogP contribution in [0.15, 0.2) is 29.2 Å². The summed E-state index contributed by atoms with van der Waals surface area (Å²) in [5.74, 6) is 0. The van der Waals surface area contributed by atoms with Gasteiger partial charge in [0.1, 0.15) is 0 Å². The van der Waals surface area contributed by atoms with Gasteiger partial charge in [0.2, 0.25) is 10.0 Å². The van der Waals surface area contributed by atoms with Gasteiger partial charge in [0.15, 0.2) is 0 Å². The highest BCUT2D eigenvalue weighted by Crippen LogP contribution is 2.23. The number of nitrogens with zero attached hydrogens (tertiary/aromatic N) is 3. The average Bonchev–Trinajstić information content (AvgIpc) is 2.89. The molecular weight excluding hydrogens is 348 g/mol. The predicted octanol–water partition coefficient (Wildman–Crippen LogP) is 2.50. The molecule has 0 bridgehead atoms. The number of hydrogen-bond acceptors (Lipinski definition) is 4. The first-order chi connectivity index (χ1) is 12.4. The van der Waals surface area contributed by atoms with E-state index in [1.165, 1.54) is 5.56 Å². The Morgan fingerprint density at radius 1 is 1.08 bits per heavy atom. The maximum absolute atomic E-state index is 13.0. The molecule has 1 aromatic carbocycles. The molecule has 0 unspecified atom stereocenters. The summed E-state index contributed by atoms with van der Waals surface area (Å²) in [4.78, 5) is 0.425. The molecule has 0 atom stereocenters. The molecule has 0 spiro atoms. The lowest BCUT2D eigenvalue weighted by molar-refractivity contribution is 0.346. The van der Waals surface area contributed by atoms with Crippen LogP contribution >= 0.6 is 0 Å². The van der Waals surface area contributed by atoms with Gasteiger partial charge in [0.25, 0.3) is 0 Å². The van der Waals surface area contributed by atoms with Crippen molar-refractivity contribution in [1.82, 2.24) is 19.4 Å². The van der Waals surface area contributed by atoms with Crippen LogP contribution in [-0.2, 0) is 30.2 Å². The number of sulfonamides is 1. The Bertz CT molecular complexity index is 868. The Morgan fingerprint density at radius 3 is 2.42 bits per heavy atom. The van der Waals surface area contributed by atoms with Crippen molar-refractivity contribution < 1.29 is 8.42 Å². The Balaban J connectivity index is 1.75. The number of piperidine rings is 1. The van der Waals surface area contributed by atoms with E-state index in [0.29, 0.717) is 31.1 Å². The molecule has 1 fully saturated rings. The zero-order valence-corrected chi connectivity index (χ0v) is 16.6. The standard InChI is InChI=1S/C19H28N4O2S/c1-15-18(16(2)22(3)21-15)14-20-13-17-9-5-6-10-19(17)26(24,25)23-11-7-4-8-12-23/h5-6,9-10,20H,4,7-8,11-14H2,1-3H3. The minimum Gasteiger partial charge on any atom is -0.308 e. The summed E-state index contributed by atoms with van der Waals surface area (Å²) in [5.41, 5.74) is 4.12. The van der Waals surface area contributed by atoms with Gasteiger partial charge in [0.05, 0.1) is 10.6 Å². The first-order valence-electron chi connectivity index (χ1n) is 9.19. The fourth-order valence-corrected chi connectivity index (χ4v) is 5.28. The van der Waals surface area contributed by atoms with Crippen molar-refractivity contribution >= 4 is 10.0 Å². The van der Waals surface area contributed by atoms with E-state index in [-0.39, 0.29) is 0 Å². The first-order valence-corrected chi connectivity index (χ1v) is 10.6. The molecule has 1 saturated heterocycles. The van der Waals surface area contributed by atoms with Crippen molar-refractivity contribution in [3.05, 3.63) is 46.8 Å². The van der Waals surface area contributed by atoms with Gasteiger partial charge in [-0.3, -0.25) is 4.68 Å². The van der Waals surface area contributed by atoms with Crippen molar-refractivity contribution in [1.29, 1.82) is 0 Å². The number of hydrogen-bond donors (Lipinski definition) is 1. The smallest absolute Gasteiger partial charge is 0.243 e. The van der Waals surface area contributed by atoms with E-state index in [1.54, 1.807) is 16.4 Å². The second-order valence-corrected chi connectivity index (χ2v) is 8.86. The third-order valence-electron chi connectivity index (χ3n) is 5.18. The Kier molecular flexibility index (Phi) is 5.79. The number of nitrogens with one attached hydrogen (secondary N) is 1. The zero-order chi connectivity index (χ0) is 18.7. The Hall–Kier alpha value is -1.70. The quantitative estimate of drug-likeness (QED) is 0.841. The summed E-state index contributed by atoms with van der Waals surface area (Å²) in [6.45, 7) is 6.47. The second kappa shape index (κ2) is 7.90. The van der Waals surface area contributed by atoms with E-state index in [4.69, 9.17) is 0 Å². The highest BCUT2D eigenvalue weighted by Gasteiger charge is 2.27.